The molecule has 2 fully saturated rings. The summed E-state index contributed by atoms with van der Waals surface area (Å²) in [6, 6.07) is 10.00. The molecule has 2 N–H and O–H groups in total. The van der Waals surface area contributed by atoms with Gasteiger partial charge in [-0.2, -0.15) is 10.5 Å². The van der Waals surface area contributed by atoms with Crippen LogP contribution in [0.25, 0.3) is 0 Å². The fourth-order valence-electron chi connectivity index (χ4n) is 3.51. The lowest BCUT2D eigenvalue weighted by Gasteiger charge is -2.31. The lowest BCUT2D eigenvalue weighted by Crippen LogP contribution is -2.50. The molecule has 2 aliphatic rings. The van der Waals surface area contributed by atoms with E-state index in [0.29, 0.717) is 17.5 Å². The second-order valence-electron chi connectivity index (χ2n) is 7.11. The van der Waals surface area contributed by atoms with E-state index in [1.807, 2.05) is 6.07 Å². The Hall–Kier alpha value is -2.86. The van der Waals surface area contributed by atoms with Gasteiger partial charge in [-0.15, -0.1) is 0 Å². The van der Waals surface area contributed by atoms with E-state index in [9.17, 15) is 14.9 Å². The Balaban J connectivity index is 1.64. The Kier molecular flexibility index (Phi) is 5.53. The third-order valence-electron chi connectivity index (χ3n) is 5.23. The number of amides is 2. The van der Waals surface area contributed by atoms with Crippen molar-refractivity contribution >= 4 is 11.8 Å². The largest absolute Gasteiger partial charge is 0.349 e. The molecule has 2 saturated carbocycles. The topological polar surface area (TPSA) is 106 Å². The van der Waals surface area contributed by atoms with Crippen molar-refractivity contribution in [2.24, 2.45) is 11.8 Å². The molecule has 0 radical (unpaired) electrons. The van der Waals surface area contributed by atoms with Crippen LogP contribution in [0.2, 0.25) is 0 Å². The summed E-state index contributed by atoms with van der Waals surface area (Å²) in [6.45, 7) is 0. The molecule has 1 aromatic carbocycles. The van der Waals surface area contributed by atoms with Crippen LogP contribution in [0.4, 0.5) is 0 Å². The van der Waals surface area contributed by atoms with Crippen molar-refractivity contribution in [1.82, 2.24) is 10.6 Å². The quantitative estimate of drug-likeness (QED) is 0.849. The fraction of sp³-hybridized carbons (Fsp3) is 0.500. The first-order valence-electron chi connectivity index (χ1n) is 9.13. The average molecular weight is 350 g/mol. The van der Waals surface area contributed by atoms with Crippen molar-refractivity contribution < 1.29 is 9.59 Å². The molecular weight excluding hydrogens is 328 g/mol. The van der Waals surface area contributed by atoms with Gasteiger partial charge in [0.1, 0.15) is 6.04 Å². The summed E-state index contributed by atoms with van der Waals surface area (Å²) in [5.74, 6) is -0.397. The Morgan fingerprint density at radius 3 is 2.35 bits per heavy atom. The second kappa shape index (κ2) is 8.01. The van der Waals surface area contributed by atoms with Crippen molar-refractivity contribution in [2.75, 3.05) is 0 Å². The molecule has 3 atom stereocenters. The second-order valence-corrected chi connectivity index (χ2v) is 7.11. The molecule has 134 valence electrons. The van der Waals surface area contributed by atoms with E-state index in [2.05, 4.69) is 16.7 Å². The maximum absolute atomic E-state index is 12.7. The number of hydrogen-bond donors (Lipinski definition) is 2. The molecule has 1 unspecified atom stereocenters. The third kappa shape index (κ3) is 4.21. The highest BCUT2D eigenvalue weighted by atomic mass is 16.2. The molecule has 6 heteroatoms. The minimum absolute atomic E-state index is 0.131. The molecule has 26 heavy (non-hydrogen) atoms. The van der Waals surface area contributed by atoms with Crippen molar-refractivity contribution in [3.05, 3.63) is 35.4 Å². The minimum atomic E-state index is -0.417. The molecule has 0 bridgehead atoms. The van der Waals surface area contributed by atoms with E-state index < -0.39 is 6.04 Å². The van der Waals surface area contributed by atoms with Gasteiger partial charge in [0, 0.05) is 11.6 Å². The highest BCUT2D eigenvalue weighted by Crippen LogP contribution is 2.33. The molecule has 0 saturated heterocycles. The van der Waals surface area contributed by atoms with Gasteiger partial charge in [0.2, 0.25) is 5.91 Å². The number of benzene rings is 1. The van der Waals surface area contributed by atoms with Gasteiger partial charge in [0.05, 0.1) is 23.6 Å². The highest BCUT2D eigenvalue weighted by Gasteiger charge is 2.37. The van der Waals surface area contributed by atoms with Crippen LogP contribution in [0, 0.1) is 34.5 Å². The van der Waals surface area contributed by atoms with Crippen molar-refractivity contribution in [3.63, 3.8) is 0 Å². The molecule has 0 heterocycles. The molecule has 1 aromatic rings. The zero-order valence-electron chi connectivity index (χ0n) is 14.6. The Bertz CT molecular complexity index is 756. The minimum Gasteiger partial charge on any atom is -0.349 e. The Morgan fingerprint density at radius 1 is 1.04 bits per heavy atom. The standard InChI is InChI=1S/C20H22N4O2/c21-11-13-5-7-15(8-6-13)19(25)23-17-4-2-1-3-16(17)20(26)24-18(12-22)14-9-10-14/h5-8,14,16-18H,1-4,9-10H2,(H,23,25)(H,24,26)/t16-,17+,18?/m1/s1. The summed E-state index contributed by atoms with van der Waals surface area (Å²) in [4.78, 5) is 25.2. The van der Waals surface area contributed by atoms with E-state index in [4.69, 9.17) is 5.26 Å². The summed E-state index contributed by atoms with van der Waals surface area (Å²) in [6.07, 6.45) is 5.35. The summed E-state index contributed by atoms with van der Waals surface area (Å²) in [7, 11) is 0. The number of carbonyl (C=O) groups is 2. The third-order valence-corrected chi connectivity index (χ3v) is 5.23. The van der Waals surface area contributed by atoms with Gasteiger partial charge in [-0.05, 0) is 55.9 Å². The first kappa shape index (κ1) is 17.9. The van der Waals surface area contributed by atoms with Crippen LogP contribution in [0.1, 0.15) is 54.4 Å². The Labute approximate surface area is 153 Å². The van der Waals surface area contributed by atoms with Gasteiger partial charge < -0.3 is 10.6 Å². The molecule has 0 aliphatic heterocycles. The smallest absolute Gasteiger partial charge is 0.251 e. The predicted molar refractivity (Wildman–Crippen MR) is 94.6 cm³/mol. The van der Waals surface area contributed by atoms with Gasteiger partial charge >= 0.3 is 0 Å². The monoisotopic (exact) mass is 350 g/mol. The van der Waals surface area contributed by atoms with Crippen molar-refractivity contribution in [1.29, 1.82) is 10.5 Å². The normalized spacial score (nSPS) is 23.2. The number of nitriles is 2. The van der Waals surface area contributed by atoms with Gasteiger partial charge in [-0.3, -0.25) is 9.59 Å². The number of nitrogens with zero attached hydrogens (tertiary/aromatic N) is 2. The van der Waals surface area contributed by atoms with Gasteiger partial charge in [-0.25, -0.2) is 0 Å². The van der Waals surface area contributed by atoms with Crippen LogP contribution in [0.5, 0.6) is 0 Å². The van der Waals surface area contributed by atoms with E-state index in [0.717, 1.165) is 32.1 Å². The van der Waals surface area contributed by atoms with Gasteiger partial charge in [0.15, 0.2) is 0 Å². The molecule has 6 nitrogen and oxygen atoms in total. The van der Waals surface area contributed by atoms with Crippen LogP contribution in [0.3, 0.4) is 0 Å². The molecule has 3 rings (SSSR count). The van der Waals surface area contributed by atoms with Gasteiger partial charge in [0.25, 0.3) is 5.91 Å². The zero-order valence-corrected chi connectivity index (χ0v) is 14.6. The number of rotatable bonds is 5. The van der Waals surface area contributed by atoms with Crippen molar-refractivity contribution in [3.8, 4) is 12.1 Å². The number of nitrogens with one attached hydrogen (secondary N) is 2. The average Bonchev–Trinajstić information content (AvgIpc) is 3.51. The first-order chi connectivity index (χ1) is 12.6. The van der Waals surface area contributed by atoms with Crippen LogP contribution in [-0.4, -0.2) is 23.9 Å². The summed E-state index contributed by atoms with van der Waals surface area (Å²) in [5, 5.41) is 23.9. The lowest BCUT2D eigenvalue weighted by molar-refractivity contribution is -0.127. The number of carbonyl (C=O) groups excluding carboxylic acids is 2. The van der Waals surface area contributed by atoms with Crippen LogP contribution < -0.4 is 10.6 Å². The Morgan fingerprint density at radius 2 is 1.73 bits per heavy atom. The number of hydrogen-bond acceptors (Lipinski definition) is 4. The molecule has 2 amide bonds. The first-order valence-corrected chi connectivity index (χ1v) is 9.13. The van der Waals surface area contributed by atoms with Crippen LogP contribution in [-0.2, 0) is 4.79 Å². The van der Waals surface area contributed by atoms with Gasteiger partial charge in [-0.1, -0.05) is 12.8 Å². The lowest BCUT2D eigenvalue weighted by atomic mass is 9.83. The van der Waals surface area contributed by atoms with E-state index >= 15 is 0 Å². The van der Waals surface area contributed by atoms with Crippen LogP contribution >= 0.6 is 0 Å². The SMILES string of the molecule is N#Cc1ccc(C(=O)N[C@H]2CCCC[C@H]2C(=O)NC(C#N)C2CC2)cc1. The molecule has 2 aliphatic carbocycles. The highest BCUT2D eigenvalue weighted by molar-refractivity contribution is 5.95. The molecule has 0 spiro atoms. The fourth-order valence-corrected chi connectivity index (χ4v) is 3.51. The van der Waals surface area contributed by atoms with Crippen LogP contribution in [0.15, 0.2) is 24.3 Å². The van der Waals surface area contributed by atoms with E-state index in [1.54, 1.807) is 24.3 Å². The summed E-state index contributed by atoms with van der Waals surface area (Å²) in [5.41, 5.74) is 0.973. The zero-order chi connectivity index (χ0) is 18.5. The summed E-state index contributed by atoms with van der Waals surface area (Å²) < 4.78 is 0. The van der Waals surface area contributed by atoms with E-state index in [-0.39, 0.29) is 29.7 Å². The predicted octanol–water partition coefficient (Wildman–Crippen LogP) is 2.27. The van der Waals surface area contributed by atoms with Crippen molar-refractivity contribution in [2.45, 2.75) is 50.6 Å². The molecule has 0 aromatic heterocycles. The maximum Gasteiger partial charge on any atom is 0.251 e. The van der Waals surface area contributed by atoms with E-state index in [1.165, 1.54) is 0 Å². The molecular formula is C20H22N4O2. The maximum atomic E-state index is 12.7. The summed E-state index contributed by atoms with van der Waals surface area (Å²) >= 11 is 0.